The number of hydrogen-bond acceptors (Lipinski definition) is 3. The van der Waals surface area contributed by atoms with Gasteiger partial charge >= 0.3 is 0 Å². The van der Waals surface area contributed by atoms with Crippen LogP contribution < -0.4 is 0 Å². The third-order valence-electron chi connectivity index (χ3n) is 5.57. The number of aromatic amines is 1. The molecule has 2 bridgehead atoms. The Kier molecular flexibility index (Phi) is 2.98. The van der Waals surface area contributed by atoms with E-state index in [0.29, 0.717) is 18.7 Å². The molecule has 20 heavy (non-hydrogen) atoms. The summed E-state index contributed by atoms with van der Waals surface area (Å²) in [6.45, 7) is 1.98. The second-order valence-electron chi connectivity index (χ2n) is 6.51. The molecule has 4 rings (SSSR count). The molecular weight excluding hydrogens is 276 g/mol. The molecule has 0 spiro atoms. The van der Waals surface area contributed by atoms with Crippen molar-refractivity contribution in [3.8, 4) is 0 Å². The van der Waals surface area contributed by atoms with Crippen LogP contribution in [-0.2, 0) is 11.2 Å². The molecule has 0 unspecified atom stereocenters. The van der Waals surface area contributed by atoms with E-state index in [2.05, 4.69) is 20.1 Å². The van der Waals surface area contributed by atoms with Gasteiger partial charge in [-0.05, 0) is 54.5 Å². The molecule has 2 saturated carbocycles. The van der Waals surface area contributed by atoms with Crippen molar-refractivity contribution in [1.82, 2.24) is 20.1 Å². The molecule has 108 valence electrons. The van der Waals surface area contributed by atoms with Crippen molar-refractivity contribution in [3.63, 3.8) is 0 Å². The standard InChI is InChI=1S/C14H19ClN4O/c15-14-16-12(17-18-14)3-4-13(20)19-6-10-8-1-2-9(5-8)11(10)7-19/h8-11H,1-7H2,(H,16,17,18)/t8-,9+,10-,11+. The molecule has 4 atom stereocenters. The van der Waals surface area contributed by atoms with Crippen molar-refractivity contribution in [2.45, 2.75) is 32.1 Å². The third kappa shape index (κ3) is 2.03. The van der Waals surface area contributed by atoms with Crippen LogP contribution >= 0.6 is 11.6 Å². The van der Waals surface area contributed by atoms with Gasteiger partial charge in [0.25, 0.3) is 0 Å². The van der Waals surface area contributed by atoms with Crippen LogP contribution in [-0.4, -0.2) is 39.1 Å². The van der Waals surface area contributed by atoms with Gasteiger partial charge < -0.3 is 4.90 Å². The molecule has 1 amide bonds. The lowest BCUT2D eigenvalue weighted by molar-refractivity contribution is -0.130. The number of halogens is 1. The first-order valence-corrected chi connectivity index (χ1v) is 7.93. The molecular formula is C14H19ClN4O. The highest BCUT2D eigenvalue weighted by atomic mass is 35.5. The van der Waals surface area contributed by atoms with Gasteiger partial charge in [-0.3, -0.25) is 9.89 Å². The van der Waals surface area contributed by atoms with E-state index in [1.54, 1.807) is 0 Å². The monoisotopic (exact) mass is 294 g/mol. The number of carbonyl (C=O) groups excluding carboxylic acids is 1. The molecule has 3 aliphatic rings. The first-order chi connectivity index (χ1) is 9.70. The molecule has 2 aliphatic carbocycles. The van der Waals surface area contributed by atoms with Crippen molar-refractivity contribution in [2.75, 3.05) is 13.1 Å². The van der Waals surface area contributed by atoms with E-state index in [4.69, 9.17) is 11.6 Å². The second kappa shape index (κ2) is 4.72. The first kappa shape index (κ1) is 12.6. The number of aryl methyl sites for hydroxylation is 1. The average molecular weight is 295 g/mol. The van der Waals surface area contributed by atoms with Crippen molar-refractivity contribution < 1.29 is 4.79 Å². The number of nitrogens with zero attached hydrogens (tertiary/aromatic N) is 3. The SMILES string of the molecule is O=C(CCc1nc(Cl)n[nH]1)N1C[C@@H]2[C@@H]3CC[C@@H](C3)[C@@H]2C1. The molecule has 1 aromatic rings. The summed E-state index contributed by atoms with van der Waals surface area (Å²) in [6.07, 6.45) is 5.31. The fourth-order valence-electron chi connectivity index (χ4n) is 4.65. The Hall–Kier alpha value is -1.10. The first-order valence-electron chi connectivity index (χ1n) is 7.55. The van der Waals surface area contributed by atoms with Crippen LogP contribution in [0.25, 0.3) is 0 Å². The van der Waals surface area contributed by atoms with Gasteiger partial charge in [-0.25, -0.2) is 4.98 Å². The van der Waals surface area contributed by atoms with E-state index >= 15 is 0 Å². The minimum atomic E-state index is 0.222. The summed E-state index contributed by atoms with van der Waals surface area (Å²) < 4.78 is 0. The summed E-state index contributed by atoms with van der Waals surface area (Å²) in [6, 6.07) is 0. The topological polar surface area (TPSA) is 61.9 Å². The number of fused-ring (bicyclic) bond motifs is 5. The zero-order valence-corrected chi connectivity index (χ0v) is 12.1. The number of likely N-dealkylation sites (tertiary alicyclic amines) is 1. The van der Waals surface area contributed by atoms with Gasteiger partial charge in [0, 0.05) is 25.9 Å². The van der Waals surface area contributed by atoms with E-state index in [1.165, 1.54) is 19.3 Å². The van der Waals surface area contributed by atoms with Crippen LogP contribution in [0.5, 0.6) is 0 Å². The van der Waals surface area contributed by atoms with Crippen LogP contribution in [0.15, 0.2) is 0 Å². The number of nitrogens with one attached hydrogen (secondary N) is 1. The van der Waals surface area contributed by atoms with Crippen molar-refractivity contribution in [1.29, 1.82) is 0 Å². The van der Waals surface area contributed by atoms with Gasteiger partial charge in [-0.15, -0.1) is 5.10 Å². The highest BCUT2D eigenvalue weighted by Gasteiger charge is 2.52. The molecule has 0 aromatic carbocycles. The lowest BCUT2D eigenvalue weighted by atomic mass is 9.82. The van der Waals surface area contributed by atoms with E-state index < -0.39 is 0 Å². The maximum absolute atomic E-state index is 12.3. The molecule has 1 aliphatic heterocycles. The highest BCUT2D eigenvalue weighted by molar-refractivity contribution is 6.28. The maximum Gasteiger partial charge on any atom is 0.242 e. The quantitative estimate of drug-likeness (QED) is 0.926. The lowest BCUT2D eigenvalue weighted by Gasteiger charge is -2.22. The van der Waals surface area contributed by atoms with Gasteiger partial charge in [0.1, 0.15) is 5.82 Å². The van der Waals surface area contributed by atoms with Crippen LogP contribution in [0, 0.1) is 23.7 Å². The Morgan fingerprint density at radius 2 is 2.00 bits per heavy atom. The van der Waals surface area contributed by atoms with E-state index in [1.807, 2.05) is 0 Å². The second-order valence-corrected chi connectivity index (χ2v) is 6.85. The van der Waals surface area contributed by atoms with E-state index in [9.17, 15) is 4.79 Å². The Morgan fingerprint density at radius 1 is 1.30 bits per heavy atom. The fourth-order valence-corrected chi connectivity index (χ4v) is 4.80. The van der Waals surface area contributed by atoms with Gasteiger partial charge in [0.05, 0.1) is 0 Å². The smallest absolute Gasteiger partial charge is 0.242 e. The summed E-state index contributed by atoms with van der Waals surface area (Å²) in [5.74, 6) is 4.33. The summed E-state index contributed by atoms with van der Waals surface area (Å²) in [7, 11) is 0. The normalized spacial score (nSPS) is 34.8. The molecule has 3 fully saturated rings. The zero-order chi connectivity index (χ0) is 13.7. The predicted molar refractivity (Wildman–Crippen MR) is 74.1 cm³/mol. The minimum Gasteiger partial charge on any atom is -0.342 e. The number of hydrogen-bond donors (Lipinski definition) is 1. The Morgan fingerprint density at radius 3 is 2.60 bits per heavy atom. The van der Waals surface area contributed by atoms with Crippen molar-refractivity contribution >= 4 is 17.5 Å². The summed E-state index contributed by atoms with van der Waals surface area (Å²) in [5.41, 5.74) is 0. The van der Waals surface area contributed by atoms with Crippen LogP contribution in [0.3, 0.4) is 0 Å². The van der Waals surface area contributed by atoms with Crippen molar-refractivity contribution in [3.05, 3.63) is 11.1 Å². The Balaban J connectivity index is 1.34. The third-order valence-corrected chi connectivity index (χ3v) is 5.74. The Bertz CT molecular complexity index is 513. The lowest BCUT2D eigenvalue weighted by Crippen LogP contribution is -2.30. The molecule has 1 N–H and O–H groups in total. The fraction of sp³-hybridized carbons (Fsp3) is 0.786. The highest BCUT2D eigenvalue weighted by Crippen LogP contribution is 2.55. The average Bonchev–Trinajstić information content (AvgIpc) is 3.17. The zero-order valence-electron chi connectivity index (χ0n) is 11.4. The molecule has 6 heteroatoms. The number of H-pyrrole nitrogens is 1. The van der Waals surface area contributed by atoms with Gasteiger partial charge in [0.15, 0.2) is 0 Å². The largest absolute Gasteiger partial charge is 0.342 e. The van der Waals surface area contributed by atoms with Crippen LogP contribution in [0.2, 0.25) is 5.28 Å². The predicted octanol–water partition coefficient (Wildman–Crippen LogP) is 1.90. The van der Waals surface area contributed by atoms with Gasteiger partial charge in [0.2, 0.25) is 11.2 Å². The summed E-state index contributed by atoms with van der Waals surface area (Å²) in [5, 5.41) is 6.74. The number of rotatable bonds is 3. The molecule has 1 aromatic heterocycles. The van der Waals surface area contributed by atoms with Crippen LogP contribution in [0.4, 0.5) is 0 Å². The van der Waals surface area contributed by atoms with E-state index in [0.717, 1.165) is 36.8 Å². The number of amides is 1. The van der Waals surface area contributed by atoms with Crippen molar-refractivity contribution in [2.24, 2.45) is 23.7 Å². The molecule has 2 heterocycles. The number of carbonyl (C=O) groups is 1. The van der Waals surface area contributed by atoms with Gasteiger partial charge in [-0.1, -0.05) is 0 Å². The molecule has 1 saturated heterocycles. The van der Waals surface area contributed by atoms with Gasteiger partial charge in [-0.2, -0.15) is 0 Å². The Labute approximate surface area is 123 Å². The van der Waals surface area contributed by atoms with Crippen LogP contribution in [0.1, 0.15) is 31.5 Å². The maximum atomic E-state index is 12.3. The summed E-state index contributed by atoms with van der Waals surface area (Å²) in [4.78, 5) is 18.4. The number of aromatic nitrogens is 3. The van der Waals surface area contributed by atoms with E-state index in [-0.39, 0.29) is 11.2 Å². The summed E-state index contributed by atoms with van der Waals surface area (Å²) >= 11 is 5.66. The molecule has 5 nitrogen and oxygen atoms in total. The minimum absolute atomic E-state index is 0.222. The molecule has 0 radical (unpaired) electrons.